The Bertz CT molecular complexity index is 541. The number of nitrogens with one attached hydrogen (secondary N) is 1. The van der Waals surface area contributed by atoms with Crippen LogP contribution in [0, 0.1) is 0 Å². The topological polar surface area (TPSA) is 88.3 Å². The lowest BCUT2D eigenvalue weighted by atomic mass is 10.2. The zero-order valence-corrected chi connectivity index (χ0v) is 12.9. The number of nitrogens with zero attached hydrogens (tertiary/aromatic N) is 2. The molecule has 1 unspecified atom stereocenters. The quantitative estimate of drug-likeness (QED) is 0.844. The van der Waals surface area contributed by atoms with Crippen LogP contribution in [0.1, 0.15) is 19.8 Å². The van der Waals surface area contributed by atoms with E-state index >= 15 is 0 Å². The van der Waals surface area contributed by atoms with E-state index in [1.54, 1.807) is 0 Å². The molecule has 1 fully saturated rings. The molecule has 1 aromatic rings. The van der Waals surface area contributed by atoms with Crippen molar-refractivity contribution >= 4 is 32.2 Å². The smallest absolute Gasteiger partial charge is 0.182 e. The summed E-state index contributed by atoms with van der Waals surface area (Å²) in [6, 6.07) is 0.459. The van der Waals surface area contributed by atoms with Crippen molar-refractivity contribution in [1.82, 2.24) is 9.27 Å². The summed E-state index contributed by atoms with van der Waals surface area (Å²) in [5.41, 5.74) is 5.63. The number of sulfone groups is 1. The Hall–Kier alpha value is -0.860. The van der Waals surface area contributed by atoms with E-state index in [1.165, 1.54) is 6.42 Å². The van der Waals surface area contributed by atoms with Crippen molar-refractivity contribution in [3.05, 3.63) is 0 Å². The number of aromatic nitrogens is 1. The summed E-state index contributed by atoms with van der Waals surface area (Å²) in [4.78, 5) is 2.54. The molecule has 1 atom stereocenters. The maximum atomic E-state index is 11.7. The molecule has 8 heteroatoms. The number of nitrogens with two attached hydrogens (primary N) is 1. The number of likely N-dealkylation sites (N-methyl/N-ethyl adjacent to an activating group) is 1. The molecule has 2 heterocycles. The number of anilines is 2. The van der Waals surface area contributed by atoms with Crippen LogP contribution in [-0.4, -0.2) is 49.6 Å². The van der Waals surface area contributed by atoms with E-state index in [-0.39, 0.29) is 10.7 Å². The average Bonchev–Trinajstić information content (AvgIpc) is 2.91. The van der Waals surface area contributed by atoms with Crippen molar-refractivity contribution in [3.63, 3.8) is 0 Å². The van der Waals surface area contributed by atoms with Crippen molar-refractivity contribution in [3.8, 4) is 0 Å². The van der Waals surface area contributed by atoms with Crippen molar-refractivity contribution in [2.75, 3.05) is 36.9 Å². The lowest BCUT2D eigenvalue weighted by Crippen LogP contribution is -2.34. The first-order valence-corrected chi connectivity index (χ1v) is 9.03. The van der Waals surface area contributed by atoms with E-state index in [1.807, 2.05) is 0 Å². The van der Waals surface area contributed by atoms with Gasteiger partial charge in [0.1, 0.15) is 9.90 Å². The van der Waals surface area contributed by atoms with Gasteiger partial charge in [-0.05, 0) is 37.5 Å². The van der Waals surface area contributed by atoms with Crippen LogP contribution < -0.4 is 11.1 Å². The van der Waals surface area contributed by atoms with Gasteiger partial charge in [0.25, 0.3) is 0 Å². The lowest BCUT2D eigenvalue weighted by Gasteiger charge is -2.23. The fourth-order valence-electron chi connectivity index (χ4n) is 2.52. The Balaban J connectivity index is 2.08. The lowest BCUT2D eigenvalue weighted by molar-refractivity contribution is 0.277. The monoisotopic (exact) mass is 304 g/mol. The highest BCUT2D eigenvalue weighted by Crippen LogP contribution is 2.31. The summed E-state index contributed by atoms with van der Waals surface area (Å²) >= 11 is 1.11. The summed E-state index contributed by atoms with van der Waals surface area (Å²) in [6.07, 6.45) is 3.50. The molecule has 1 aliphatic heterocycles. The summed E-state index contributed by atoms with van der Waals surface area (Å²) in [7, 11) is -3.34. The molecule has 19 heavy (non-hydrogen) atoms. The third-order valence-corrected chi connectivity index (χ3v) is 5.55. The first-order chi connectivity index (χ1) is 8.93. The van der Waals surface area contributed by atoms with Gasteiger partial charge in [0.05, 0.1) is 0 Å². The average molecular weight is 304 g/mol. The first-order valence-electron chi connectivity index (χ1n) is 6.36. The first kappa shape index (κ1) is 14.5. The molecule has 1 aliphatic rings. The van der Waals surface area contributed by atoms with Crippen molar-refractivity contribution in [1.29, 1.82) is 0 Å². The molecule has 0 radical (unpaired) electrons. The van der Waals surface area contributed by atoms with Crippen molar-refractivity contribution in [2.45, 2.75) is 30.7 Å². The number of nitrogen functional groups attached to an aromatic ring is 1. The third-order valence-electron chi connectivity index (χ3n) is 3.45. The van der Waals surface area contributed by atoms with Crippen LogP contribution in [0.15, 0.2) is 4.90 Å². The van der Waals surface area contributed by atoms with Gasteiger partial charge in [-0.2, -0.15) is 4.37 Å². The molecular weight excluding hydrogens is 284 g/mol. The molecule has 0 bridgehead atoms. The predicted octanol–water partition coefficient (Wildman–Crippen LogP) is 1.03. The minimum atomic E-state index is -3.34. The molecule has 2 rings (SSSR count). The zero-order chi connectivity index (χ0) is 14.0. The fourth-order valence-corrected chi connectivity index (χ4v) is 4.59. The van der Waals surface area contributed by atoms with Crippen molar-refractivity contribution < 1.29 is 8.42 Å². The van der Waals surface area contributed by atoms with E-state index in [0.29, 0.717) is 11.0 Å². The minimum Gasteiger partial charge on any atom is -0.382 e. The number of hydrogen-bond donors (Lipinski definition) is 2. The predicted molar refractivity (Wildman–Crippen MR) is 78.4 cm³/mol. The van der Waals surface area contributed by atoms with E-state index in [4.69, 9.17) is 5.73 Å². The molecule has 0 aliphatic carbocycles. The molecular formula is C11H20N4O2S2. The maximum absolute atomic E-state index is 11.7. The second kappa shape index (κ2) is 5.64. The molecule has 0 spiro atoms. The van der Waals surface area contributed by atoms with Gasteiger partial charge < -0.3 is 11.1 Å². The maximum Gasteiger partial charge on any atom is 0.182 e. The summed E-state index contributed by atoms with van der Waals surface area (Å²) in [5.74, 6) is 0.0915. The van der Waals surface area contributed by atoms with E-state index in [2.05, 4.69) is 21.5 Å². The molecule has 1 saturated heterocycles. The van der Waals surface area contributed by atoms with Crippen LogP contribution >= 0.6 is 11.5 Å². The standard InChI is InChI=1S/C11H20N4O2S2/c1-3-15-6-4-5-8(15)7-13-11-9(19(2,16)17)10(12)14-18-11/h8,13H,3-7H2,1-2H3,(H2,12,14). The Morgan fingerprint density at radius 2 is 2.32 bits per heavy atom. The number of likely N-dealkylation sites (tertiary alicyclic amines) is 1. The Morgan fingerprint density at radius 3 is 2.95 bits per heavy atom. The molecule has 0 aromatic carbocycles. The van der Waals surface area contributed by atoms with E-state index in [0.717, 1.165) is 43.8 Å². The number of rotatable bonds is 5. The highest BCUT2D eigenvalue weighted by Gasteiger charge is 2.25. The van der Waals surface area contributed by atoms with Gasteiger partial charge in [0, 0.05) is 18.8 Å². The van der Waals surface area contributed by atoms with Gasteiger partial charge in [-0.3, -0.25) is 4.90 Å². The molecule has 108 valence electrons. The summed E-state index contributed by atoms with van der Waals surface area (Å²) in [6.45, 7) is 5.02. The molecule has 0 amide bonds. The van der Waals surface area contributed by atoms with Crippen LogP contribution in [-0.2, 0) is 9.84 Å². The van der Waals surface area contributed by atoms with Gasteiger partial charge in [-0.15, -0.1) is 0 Å². The zero-order valence-electron chi connectivity index (χ0n) is 11.2. The van der Waals surface area contributed by atoms with E-state index < -0.39 is 9.84 Å². The van der Waals surface area contributed by atoms with Crippen LogP contribution in [0.5, 0.6) is 0 Å². The largest absolute Gasteiger partial charge is 0.382 e. The van der Waals surface area contributed by atoms with Crippen molar-refractivity contribution in [2.24, 2.45) is 0 Å². The second-order valence-electron chi connectivity index (χ2n) is 4.80. The molecule has 0 saturated carbocycles. The van der Waals surface area contributed by atoms with Crippen LogP contribution in [0.25, 0.3) is 0 Å². The molecule has 6 nitrogen and oxygen atoms in total. The van der Waals surface area contributed by atoms with Crippen LogP contribution in [0.3, 0.4) is 0 Å². The fraction of sp³-hybridized carbons (Fsp3) is 0.727. The van der Waals surface area contributed by atoms with Crippen LogP contribution in [0.4, 0.5) is 10.8 Å². The minimum absolute atomic E-state index is 0.0915. The molecule has 1 aromatic heterocycles. The van der Waals surface area contributed by atoms with Gasteiger partial charge in [-0.1, -0.05) is 6.92 Å². The highest BCUT2D eigenvalue weighted by atomic mass is 32.2. The van der Waals surface area contributed by atoms with Gasteiger partial charge >= 0.3 is 0 Å². The third kappa shape index (κ3) is 3.18. The van der Waals surface area contributed by atoms with Crippen LogP contribution in [0.2, 0.25) is 0 Å². The van der Waals surface area contributed by atoms with E-state index in [9.17, 15) is 8.42 Å². The summed E-state index contributed by atoms with van der Waals surface area (Å²) < 4.78 is 27.3. The highest BCUT2D eigenvalue weighted by molar-refractivity contribution is 7.91. The summed E-state index contributed by atoms with van der Waals surface area (Å²) in [5, 5.41) is 3.76. The SMILES string of the molecule is CCN1CCCC1CNc1snc(N)c1S(C)(=O)=O. The normalized spacial score (nSPS) is 20.8. The van der Waals surface area contributed by atoms with Gasteiger partial charge in [-0.25, -0.2) is 8.42 Å². The second-order valence-corrected chi connectivity index (χ2v) is 7.53. The Labute approximate surface area is 118 Å². The Kier molecular flexibility index (Phi) is 4.32. The Morgan fingerprint density at radius 1 is 1.58 bits per heavy atom. The van der Waals surface area contributed by atoms with Gasteiger partial charge in [0.2, 0.25) is 0 Å². The number of hydrogen-bond acceptors (Lipinski definition) is 7. The van der Waals surface area contributed by atoms with Gasteiger partial charge in [0.15, 0.2) is 15.7 Å². The molecule has 3 N–H and O–H groups in total.